The van der Waals surface area contributed by atoms with E-state index < -0.39 is 11.6 Å². The minimum absolute atomic E-state index is 0.0856. The van der Waals surface area contributed by atoms with Gasteiger partial charge in [0.05, 0.1) is 24.2 Å². The highest BCUT2D eigenvalue weighted by Gasteiger charge is 2.16. The fraction of sp³-hybridized carbons (Fsp3) is 0. The molecule has 2 aromatic rings. The van der Waals surface area contributed by atoms with E-state index >= 15 is 0 Å². The lowest BCUT2D eigenvalue weighted by atomic mass is 10.1. The number of pyridine rings is 1. The van der Waals surface area contributed by atoms with Crippen molar-refractivity contribution in [3.63, 3.8) is 0 Å². The first-order valence-electron chi connectivity index (χ1n) is 4.06. The van der Waals surface area contributed by atoms with Crippen molar-refractivity contribution >= 4 is 6.29 Å². The molecular formula is C10H5F2NO2. The van der Waals surface area contributed by atoms with Gasteiger partial charge in [-0.05, 0) is 6.07 Å². The fourth-order valence-electron chi connectivity index (χ4n) is 1.29. The Labute approximate surface area is 83.4 Å². The van der Waals surface area contributed by atoms with E-state index in [0.717, 1.165) is 12.4 Å². The van der Waals surface area contributed by atoms with E-state index in [-0.39, 0.29) is 16.9 Å². The molecule has 2 heterocycles. The van der Waals surface area contributed by atoms with Crippen molar-refractivity contribution in [2.75, 3.05) is 0 Å². The van der Waals surface area contributed by atoms with Gasteiger partial charge in [0.15, 0.2) is 23.7 Å². The van der Waals surface area contributed by atoms with Crippen molar-refractivity contribution < 1.29 is 18.0 Å². The third-order valence-electron chi connectivity index (χ3n) is 1.92. The second-order valence-corrected chi connectivity index (χ2v) is 2.79. The molecule has 76 valence electrons. The highest BCUT2D eigenvalue weighted by Crippen LogP contribution is 2.28. The van der Waals surface area contributed by atoms with E-state index in [9.17, 15) is 13.6 Å². The highest BCUT2D eigenvalue weighted by atomic mass is 19.1. The van der Waals surface area contributed by atoms with Crippen LogP contribution in [0.5, 0.6) is 0 Å². The van der Waals surface area contributed by atoms with Gasteiger partial charge in [-0.25, -0.2) is 8.78 Å². The summed E-state index contributed by atoms with van der Waals surface area (Å²) in [4.78, 5) is 13.9. The molecule has 0 N–H and O–H groups in total. The van der Waals surface area contributed by atoms with E-state index in [2.05, 4.69) is 4.98 Å². The van der Waals surface area contributed by atoms with Gasteiger partial charge in [-0.2, -0.15) is 0 Å². The van der Waals surface area contributed by atoms with Crippen molar-refractivity contribution in [2.24, 2.45) is 0 Å². The molecule has 0 atom stereocenters. The predicted molar refractivity (Wildman–Crippen MR) is 47.2 cm³/mol. The maximum absolute atomic E-state index is 13.3. The summed E-state index contributed by atoms with van der Waals surface area (Å²) in [5.74, 6) is -1.78. The van der Waals surface area contributed by atoms with Crippen LogP contribution in [0.15, 0.2) is 29.1 Å². The molecule has 0 fully saturated rings. The summed E-state index contributed by atoms with van der Waals surface area (Å²) in [6.07, 6.45) is 3.34. The first-order valence-corrected chi connectivity index (χ1v) is 4.06. The predicted octanol–water partition coefficient (Wildman–Crippen LogP) is 2.43. The average Bonchev–Trinajstić information content (AvgIpc) is 2.65. The lowest BCUT2D eigenvalue weighted by Crippen LogP contribution is -1.92. The van der Waals surface area contributed by atoms with E-state index in [4.69, 9.17) is 4.42 Å². The van der Waals surface area contributed by atoms with Gasteiger partial charge >= 0.3 is 0 Å². The second-order valence-electron chi connectivity index (χ2n) is 2.79. The van der Waals surface area contributed by atoms with Crippen molar-refractivity contribution in [3.8, 4) is 11.1 Å². The third-order valence-corrected chi connectivity index (χ3v) is 1.92. The van der Waals surface area contributed by atoms with Gasteiger partial charge < -0.3 is 4.42 Å². The Hall–Kier alpha value is -2.04. The van der Waals surface area contributed by atoms with Crippen molar-refractivity contribution in [3.05, 3.63) is 42.1 Å². The molecule has 0 bridgehead atoms. The smallest absolute Gasteiger partial charge is 0.185 e. The molecule has 0 aliphatic rings. The van der Waals surface area contributed by atoms with E-state index in [1.807, 2.05) is 0 Å². The van der Waals surface area contributed by atoms with E-state index in [1.165, 1.54) is 12.3 Å². The van der Waals surface area contributed by atoms with Crippen LogP contribution in [0.2, 0.25) is 0 Å². The Morgan fingerprint density at radius 1 is 1.27 bits per heavy atom. The molecule has 0 amide bonds. The van der Waals surface area contributed by atoms with Gasteiger partial charge in [0.25, 0.3) is 0 Å². The summed E-state index contributed by atoms with van der Waals surface area (Å²) in [6, 6.07) is 1.32. The van der Waals surface area contributed by atoms with Crippen molar-refractivity contribution in [2.45, 2.75) is 0 Å². The Morgan fingerprint density at radius 3 is 2.53 bits per heavy atom. The van der Waals surface area contributed by atoms with Crippen molar-refractivity contribution in [1.82, 2.24) is 4.98 Å². The molecule has 0 spiro atoms. The Bertz CT molecular complexity index is 488. The number of aromatic nitrogens is 1. The first kappa shape index (κ1) is 9.51. The van der Waals surface area contributed by atoms with Crippen LogP contribution in [0.3, 0.4) is 0 Å². The minimum atomic E-state index is -0.834. The molecule has 2 rings (SSSR count). The second kappa shape index (κ2) is 3.61. The third kappa shape index (κ3) is 1.52. The van der Waals surface area contributed by atoms with Gasteiger partial charge in [0, 0.05) is 5.56 Å². The normalized spacial score (nSPS) is 10.3. The minimum Gasteiger partial charge on any atom is -0.461 e. The van der Waals surface area contributed by atoms with Crippen LogP contribution in [0.4, 0.5) is 8.78 Å². The summed E-state index contributed by atoms with van der Waals surface area (Å²) in [7, 11) is 0. The van der Waals surface area contributed by atoms with Crippen LogP contribution in [-0.4, -0.2) is 11.3 Å². The molecule has 0 unspecified atom stereocenters. The van der Waals surface area contributed by atoms with Crippen molar-refractivity contribution in [1.29, 1.82) is 0 Å². The lowest BCUT2D eigenvalue weighted by molar-refractivity contribution is 0.110. The maximum Gasteiger partial charge on any atom is 0.185 e. The molecule has 2 aromatic heterocycles. The standard InChI is InChI=1S/C10H5F2NO2/c11-7-3-13-4-8(12)10(7)6-1-2-15-9(6)5-14/h1-5H. The summed E-state index contributed by atoms with van der Waals surface area (Å²) in [5.41, 5.74) is -0.219. The number of hydrogen-bond donors (Lipinski definition) is 0. The number of nitrogens with zero attached hydrogens (tertiary/aromatic N) is 1. The largest absolute Gasteiger partial charge is 0.461 e. The number of carbonyl (C=O) groups excluding carboxylic acids is 1. The number of carbonyl (C=O) groups is 1. The zero-order valence-corrected chi connectivity index (χ0v) is 7.41. The number of halogens is 2. The van der Waals surface area contributed by atoms with E-state index in [1.54, 1.807) is 0 Å². The zero-order valence-electron chi connectivity index (χ0n) is 7.41. The van der Waals surface area contributed by atoms with Crippen LogP contribution in [0, 0.1) is 11.6 Å². The maximum atomic E-state index is 13.3. The number of rotatable bonds is 2. The molecule has 0 aromatic carbocycles. The fourth-order valence-corrected chi connectivity index (χ4v) is 1.29. The van der Waals surface area contributed by atoms with E-state index in [0.29, 0.717) is 6.29 Å². The first-order chi connectivity index (χ1) is 7.24. The summed E-state index contributed by atoms with van der Waals surface area (Å²) < 4.78 is 31.3. The van der Waals surface area contributed by atoms with Crippen LogP contribution >= 0.6 is 0 Å². The van der Waals surface area contributed by atoms with Crippen LogP contribution in [0.25, 0.3) is 11.1 Å². The number of furan rings is 1. The molecule has 0 saturated heterocycles. The van der Waals surface area contributed by atoms with Gasteiger partial charge in [0.1, 0.15) is 0 Å². The van der Waals surface area contributed by atoms with Gasteiger partial charge in [0.2, 0.25) is 0 Å². The molecule has 5 heteroatoms. The van der Waals surface area contributed by atoms with Crippen LogP contribution in [0.1, 0.15) is 10.6 Å². The molecule has 0 radical (unpaired) electrons. The molecule has 0 aliphatic carbocycles. The monoisotopic (exact) mass is 209 g/mol. The molecular weight excluding hydrogens is 204 g/mol. The number of hydrogen-bond acceptors (Lipinski definition) is 3. The summed E-state index contributed by atoms with van der Waals surface area (Å²) >= 11 is 0. The topological polar surface area (TPSA) is 43.1 Å². The lowest BCUT2D eigenvalue weighted by Gasteiger charge is -2.01. The highest BCUT2D eigenvalue weighted by molar-refractivity contribution is 5.84. The quantitative estimate of drug-likeness (QED) is 0.713. The molecule has 15 heavy (non-hydrogen) atoms. The summed E-state index contributed by atoms with van der Waals surface area (Å²) in [5, 5.41) is 0. The SMILES string of the molecule is O=Cc1occc1-c1c(F)cncc1F. The Balaban J connectivity index is 2.68. The average molecular weight is 209 g/mol. The zero-order chi connectivity index (χ0) is 10.8. The number of aldehydes is 1. The molecule has 0 aliphatic heterocycles. The van der Waals surface area contributed by atoms with Gasteiger partial charge in [-0.15, -0.1) is 0 Å². The van der Waals surface area contributed by atoms with Gasteiger partial charge in [-0.1, -0.05) is 0 Å². The van der Waals surface area contributed by atoms with Crippen LogP contribution < -0.4 is 0 Å². The Morgan fingerprint density at radius 2 is 1.93 bits per heavy atom. The van der Waals surface area contributed by atoms with Gasteiger partial charge in [-0.3, -0.25) is 9.78 Å². The van der Waals surface area contributed by atoms with Crippen LogP contribution in [-0.2, 0) is 0 Å². The Kier molecular flexibility index (Phi) is 2.29. The summed E-state index contributed by atoms with van der Waals surface area (Å²) in [6.45, 7) is 0. The molecule has 0 saturated carbocycles. The molecule has 3 nitrogen and oxygen atoms in total.